The Hall–Kier alpha value is -3.10. The molecule has 0 bridgehead atoms. The lowest BCUT2D eigenvalue weighted by Gasteiger charge is -2.60. The minimum Gasteiger partial charge on any atom is -0.480 e. The average molecular weight is 534 g/mol. The zero-order chi connectivity index (χ0) is 27.9. The highest BCUT2D eigenvalue weighted by Crippen LogP contribution is 2.73. The molecule has 5 aliphatic rings. The number of carbonyl (C=O) groups is 4. The third-order valence-corrected chi connectivity index (χ3v) is 11.4. The number of nitrogens with zero attached hydrogens (tertiary/aromatic N) is 1. The van der Waals surface area contributed by atoms with Crippen LogP contribution in [0.3, 0.4) is 0 Å². The van der Waals surface area contributed by atoms with Crippen LogP contribution < -0.4 is 0 Å². The molecule has 8 heteroatoms. The summed E-state index contributed by atoms with van der Waals surface area (Å²) in [6.45, 7) is 3.18. The average Bonchev–Trinajstić information content (AvgIpc) is 3.38. The highest BCUT2D eigenvalue weighted by molar-refractivity contribution is 6.01. The Bertz CT molecular complexity index is 1320. The van der Waals surface area contributed by atoms with Gasteiger partial charge in [-0.15, -0.1) is 0 Å². The fourth-order valence-electron chi connectivity index (χ4n) is 9.80. The van der Waals surface area contributed by atoms with E-state index >= 15 is 0 Å². The summed E-state index contributed by atoms with van der Waals surface area (Å²) in [5.74, 6) is -3.05. The Balaban J connectivity index is 1.45. The minimum absolute atomic E-state index is 0.000407. The molecular weight excluding hydrogens is 498 g/mol. The molecule has 8 nitrogen and oxygen atoms in total. The number of Topliss-reactive ketones (excluding diaryl/α,β-unsaturated/α-hetero) is 1. The molecule has 1 amide bonds. The second-order valence-electron chi connectivity index (χ2n) is 12.7. The van der Waals surface area contributed by atoms with Crippen LogP contribution in [0.4, 0.5) is 0 Å². The van der Waals surface area contributed by atoms with Crippen molar-refractivity contribution in [2.75, 3.05) is 13.2 Å². The third-order valence-electron chi connectivity index (χ3n) is 11.4. The van der Waals surface area contributed by atoms with E-state index in [1.807, 2.05) is 13.0 Å². The summed E-state index contributed by atoms with van der Waals surface area (Å²) in [6, 6.07) is 7.24. The van der Waals surface area contributed by atoms with Crippen LogP contribution in [0.2, 0.25) is 0 Å². The fourth-order valence-corrected chi connectivity index (χ4v) is 9.80. The predicted molar refractivity (Wildman–Crippen MR) is 140 cm³/mol. The number of amides is 1. The molecule has 39 heavy (non-hydrogen) atoms. The van der Waals surface area contributed by atoms with E-state index < -0.39 is 58.6 Å². The van der Waals surface area contributed by atoms with Crippen LogP contribution in [-0.2, 0) is 14.4 Å². The Kier molecular flexibility index (Phi) is 5.83. The molecule has 0 aromatic heterocycles. The number of carboxylic acid groups (broad SMARTS) is 1. The van der Waals surface area contributed by atoms with Crippen molar-refractivity contribution in [1.82, 2.24) is 4.90 Å². The van der Waals surface area contributed by atoms with Crippen molar-refractivity contribution in [3.05, 3.63) is 59.7 Å². The smallest absolute Gasteiger partial charge is 0.326 e. The van der Waals surface area contributed by atoms with Gasteiger partial charge in [-0.05, 0) is 67.2 Å². The highest BCUT2D eigenvalue weighted by atomic mass is 16.4. The largest absolute Gasteiger partial charge is 0.480 e. The maximum Gasteiger partial charge on any atom is 0.326 e. The molecule has 1 aromatic rings. The third kappa shape index (κ3) is 3.31. The van der Waals surface area contributed by atoms with Gasteiger partial charge in [0.05, 0.1) is 11.5 Å². The molecule has 3 saturated carbocycles. The summed E-state index contributed by atoms with van der Waals surface area (Å²) in [5, 5.41) is 32.5. The zero-order valence-corrected chi connectivity index (χ0v) is 22.2. The number of ketones is 2. The van der Waals surface area contributed by atoms with E-state index in [-0.39, 0.29) is 36.5 Å². The molecule has 1 aliphatic heterocycles. The molecular formula is C31H35NO7. The van der Waals surface area contributed by atoms with Crippen LogP contribution in [-0.4, -0.2) is 69.0 Å². The monoisotopic (exact) mass is 533 g/mol. The Morgan fingerprint density at radius 2 is 1.82 bits per heavy atom. The van der Waals surface area contributed by atoms with Crippen LogP contribution in [0.1, 0.15) is 49.9 Å². The van der Waals surface area contributed by atoms with E-state index in [1.165, 1.54) is 4.90 Å². The van der Waals surface area contributed by atoms with Crippen molar-refractivity contribution in [1.29, 1.82) is 0 Å². The fraction of sp³-hybridized carbons (Fsp3) is 0.548. The van der Waals surface area contributed by atoms with Gasteiger partial charge in [-0.3, -0.25) is 14.4 Å². The van der Waals surface area contributed by atoms with Gasteiger partial charge in [-0.25, -0.2) is 4.79 Å². The topological polar surface area (TPSA) is 132 Å². The lowest BCUT2D eigenvalue weighted by Crippen LogP contribution is -2.60. The number of rotatable bonds is 4. The SMILES string of the molecule is C[C@]12C=CC(=O)C=C1CC[C@@H]1[C@@H]2[C@@H](O)C[C@@]2(C)[C@H]1C[C@H]1C(C(=O)O)N(C(=O)c3ccccc3)C[C@]12C(=O)CO. The summed E-state index contributed by atoms with van der Waals surface area (Å²) in [6.07, 6.45) is 6.47. The lowest BCUT2D eigenvalue weighted by molar-refractivity contribution is -0.158. The number of aliphatic hydroxyl groups is 2. The normalized spacial score (nSPS) is 42.2. The summed E-state index contributed by atoms with van der Waals surface area (Å²) in [7, 11) is 0. The maximum atomic E-state index is 13.8. The molecule has 9 atom stereocenters. The number of carboxylic acids is 1. The molecule has 0 radical (unpaired) electrons. The van der Waals surface area contributed by atoms with Crippen LogP contribution in [0.5, 0.6) is 0 Å². The van der Waals surface area contributed by atoms with E-state index in [2.05, 4.69) is 6.92 Å². The van der Waals surface area contributed by atoms with Gasteiger partial charge in [0.15, 0.2) is 11.6 Å². The lowest BCUT2D eigenvalue weighted by atomic mass is 9.44. The number of aliphatic hydroxyl groups excluding tert-OH is 2. The van der Waals surface area contributed by atoms with Crippen molar-refractivity contribution < 1.29 is 34.5 Å². The first kappa shape index (κ1) is 26.1. The standard InChI is InChI=1S/C31H35NO7/c1-29-11-10-19(34)12-18(29)8-9-20-21-13-22-26(28(38)39)32(27(37)17-6-4-3-5-7-17)16-31(22,24(36)15-33)30(21,2)14-23(35)25(20)29/h3-7,10-12,20-23,25-26,33,35H,8-9,13-16H2,1-2H3,(H,38,39)/t20-,21-,22-,23-,25+,26?,29-,30-,31+/m0/s1. The molecule has 1 aromatic carbocycles. The van der Waals surface area contributed by atoms with Crippen molar-refractivity contribution in [2.45, 2.75) is 51.7 Å². The number of benzene rings is 1. The van der Waals surface area contributed by atoms with Gasteiger partial charge in [0.2, 0.25) is 0 Å². The van der Waals surface area contributed by atoms with Crippen molar-refractivity contribution in [2.24, 2.45) is 39.9 Å². The molecule has 0 spiro atoms. The Morgan fingerprint density at radius 3 is 2.49 bits per heavy atom. The highest BCUT2D eigenvalue weighted by Gasteiger charge is 2.76. The second kappa shape index (κ2) is 8.70. The van der Waals surface area contributed by atoms with Gasteiger partial charge in [-0.2, -0.15) is 0 Å². The number of fused-ring (bicyclic) bond motifs is 7. The quantitative estimate of drug-likeness (QED) is 0.542. The molecule has 1 unspecified atom stereocenters. The zero-order valence-electron chi connectivity index (χ0n) is 22.2. The van der Waals surface area contributed by atoms with Crippen molar-refractivity contribution >= 4 is 23.4 Å². The first-order chi connectivity index (χ1) is 18.5. The number of carbonyl (C=O) groups excluding carboxylic acids is 3. The first-order valence-electron chi connectivity index (χ1n) is 13.8. The Labute approximate surface area is 227 Å². The maximum absolute atomic E-state index is 13.8. The van der Waals surface area contributed by atoms with E-state index in [1.54, 1.807) is 42.5 Å². The Morgan fingerprint density at radius 1 is 1.10 bits per heavy atom. The number of hydrogen-bond donors (Lipinski definition) is 3. The van der Waals surface area contributed by atoms with Crippen LogP contribution in [0, 0.1) is 39.9 Å². The molecule has 3 N–H and O–H groups in total. The summed E-state index contributed by atoms with van der Waals surface area (Å²) in [5.41, 5.74) is -1.24. The number of aliphatic carboxylic acids is 1. The van der Waals surface area contributed by atoms with Gasteiger partial charge in [0.25, 0.3) is 5.91 Å². The summed E-state index contributed by atoms with van der Waals surface area (Å²) in [4.78, 5) is 53.7. The van der Waals surface area contributed by atoms with Crippen molar-refractivity contribution in [3.8, 4) is 0 Å². The molecule has 1 heterocycles. The van der Waals surface area contributed by atoms with Gasteiger partial charge < -0.3 is 20.2 Å². The molecule has 4 fully saturated rings. The van der Waals surface area contributed by atoms with Crippen LogP contribution in [0.25, 0.3) is 0 Å². The van der Waals surface area contributed by atoms with Crippen molar-refractivity contribution in [3.63, 3.8) is 0 Å². The van der Waals surface area contributed by atoms with E-state index in [0.717, 1.165) is 12.0 Å². The second-order valence-corrected chi connectivity index (χ2v) is 12.7. The van der Waals surface area contributed by atoms with Gasteiger partial charge in [0, 0.05) is 29.4 Å². The predicted octanol–water partition coefficient (Wildman–Crippen LogP) is 2.65. The van der Waals surface area contributed by atoms with Gasteiger partial charge in [0.1, 0.15) is 12.6 Å². The summed E-state index contributed by atoms with van der Waals surface area (Å²) >= 11 is 0. The molecule has 206 valence electrons. The molecule has 6 rings (SSSR count). The minimum atomic E-state index is -1.29. The number of hydrogen-bond acceptors (Lipinski definition) is 6. The molecule has 1 saturated heterocycles. The van der Waals surface area contributed by atoms with Gasteiger partial charge >= 0.3 is 5.97 Å². The first-order valence-corrected chi connectivity index (χ1v) is 13.8. The van der Waals surface area contributed by atoms with E-state index in [4.69, 9.17) is 0 Å². The van der Waals surface area contributed by atoms with E-state index in [9.17, 15) is 34.5 Å². The van der Waals surface area contributed by atoms with Gasteiger partial charge in [-0.1, -0.05) is 43.7 Å². The van der Waals surface area contributed by atoms with E-state index in [0.29, 0.717) is 18.4 Å². The number of allylic oxidation sites excluding steroid dienone is 4. The van der Waals surface area contributed by atoms with Crippen LogP contribution >= 0.6 is 0 Å². The number of likely N-dealkylation sites (tertiary alicyclic amines) is 1. The summed E-state index contributed by atoms with van der Waals surface area (Å²) < 4.78 is 0. The molecule has 4 aliphatic carbocycles. The van der Waals surface area contributed by atoms with Crippen LogP contribution in [0.15, 0.2) is 54.1 Å².